The summed E-state index contributed by atoms with van der Waals surface area (Å²) >= 11 is 0. The quantitative estimate of drug-likeness (QED) is 0.299. The third kappa shape index (κ3) is 6.20. The highest BCUT2D eigenvalue weighted by Crippen LogP contribution is 2.50. The first-order valence-corrected chi connectivity index (χ1v) is 10.4. The van der Waals surface area contributed by atoms with Gasteiger partial charge in [-0.1, -0.05) is 37.8 Å². The van der Waals surface area contributed by atoms with Gasteiger partial charge < -0.3 is 5.11 Å². The minimum atomic E-state index is -6.10. The van der Waals surface area contributed by atoms with Crippen LogP contribution in [0.1, 0.15) is 64.2 Å². The summed E-state index contributed by atoms with van der Waals surface area (Å²) in [5.41, 5.74) is -4.80. The summed E-state index contributed by atoms with van der Waals surface area (Å²) in [6, 6.07) is 0. The molecular weight excluding hydrogens is 439 g/mol. The Morgan fingerprint density at radius 1 is 0.839 bits per heavy atom. The van der Waals surface area contributed by atoms with E-state index in [1.807, 2.05) is 0 Å². The van der Waals surface area contributed by atoms with Gasteiger partial charge in [-0.05, 0) is 55.8 Å². The standard InChI is InChI=1S/C21H27F9O/c1-12(15-7-6-14-4-2-3-5-16(14)10-15)8-13(9-17(22)18(23)24)11-19(31,20(25,26)27)21(28,29)30/h13-16,31H,1-11H2. The van der Waals surface area contributed by atoms with Crippen molar-refractivity contribution in [1.29, 1.82) is 0 Å². The molecule has 0 bridgehead atoms. The van der Waals surface area contributed by atoms with Gasteiger partial charge in [0.05, 0.1) is 0 Å². The second kappa shape index (κ2) is 9.75. The van der Waals surface area contributed by atoms with Crippen LogP contribution in [0.4, 0.5) is 39.5 Å². The van der Waals surface area contributed by atoms with Crippen molar-refractivity contribution < 1.29 is 44.6 Å². The lowest BCUT2D eigenvalue weighted by atomic mass is 9.65. The third-order valence-corrected chi connectivity index (χ3v) is 6.86. The van der Waals surface area contributed by atoms with Gasteiger partial charge in [0.1, 0.15) is 0 Å². The van der Waals surface area contributed by atoms with E-state index in [4.69, 9.17) is 0 Å². The molecule has 0 amide bonds. The maximum absolute atomic E-state index is 13.5. The van der Waals surface area contributed by atoms with Gasteiger partial charge in [0.25, 0.3) is 5.60 Å². The van der Waals surface area contributed by atoms with Crippen molar-refractivity contribution in [3.05, 3.63) is 24.1 Å². The van der Waals surface area contributed by atoms with Crippen molar-refractivity contribution in [2.24, 2.45) is 23.7 Å². The van der Waals surface area contributed by atoms with Crippen LogP contribution in [0.2, 0.25) is 0 Å². The van der Waals surface area contributed by atoms with Gasteiger partial charge >= 0.3 is 18.4 Å². The van der Waals surface area contributed by atoms with Gasteiger partial charge in [-0.2, -0.15) is 35.1 Å². The highest BCUT2D eigenvalue weighted by molar-refractivity contribution is 5.08. The summed E-state index contributed by atoms with van der Waals surface area (Å²) in [4.78, 5) is 0. The Balaban J connectivity index is 2.19. The average Bonchev–Trinajstić information content (AvgIpc) is 2.65. The third-order valence-electron chi connectivity index (χ3n) is 6.86. The van der Waals surface area contributed by atoms with Crippen LogP contribution in [0.15, 0.2) is 24.1 Å². The number of rotatable bonds is 7. The zero-order valence-corrected chi connectivity index (χ0v) is 16.9. The van der Waals surface area contributed by atoms with E-state index in [9.17, 15) is 44.6 Å². The number of hydrogen-bond acceptors (Lipinski definition) is 1. The molecule has 1 nitrogen and oxygen atoms in total. The minimum absolute atomic E-state index is 0.172. The fourth-order valence-corrected chi connectivity index (χ4v) is 5.14. The van der Waals surface area contributed by atoms with E-state index in [1.165, 1.54) is 0 Å². The van der Waals surface area contributed by atoms with Gasteiger partial charge in [-0.3, -0.25) is 0 Å². The molecule has 180 valence electrons. The van der Waals surface area contributed by atoms with Crippen LogP contribution in [0.25, 0.3) is 0 Å². The topological polar surface area (TPSA) is 20.2 Å². The summed E-state index contributed by atoms with van der Waals surface area (Å²) in [5.74, 6) is -3.17. The Morgan fingerprint density at radius 3 is 1.90 bits per heavy atom. The molecule has 0 spiro atoms. The van der Waals surface area contributed by atoms with E-state index >= 15 is 0 Å². The molecule has 0 radical (unpaired) electrons. The molecule has 2 aliphatic carbocycles. The summed E-state index contributed by atoms with van der Waals surface area (Å²) in [6.07, 6.45) is -12.3. The molecule has 0 aromatic carbocycles. The number of aliphatic hydroxyl groups is 1. The van der Waals surface area contributed by atoms with E-state index in [0.29, 0.717) is 30.3 Å². The number of halogens is 9. The first kappa shape index (κ1) is 26.1. The maximum atomic E-state index is 13.5. The number of allylic oxidation sites excluding steroid dienone is 2. The highest BCUT2D eigenvalue weighted by Gasteiger charge is 2.70. The van der Waals surface area contributed by atoms with Crippen LogP contribution in [0.5, 0.6) is 0 Å². The van der Waals surface area contributed by atoms with Crippen molar-refractivity contribution in [2.75, 3.05) is 0 Å². The van der Waals surface area contributed by atoms with Gasteiger partial charge in [0.15, 0.2) is 5.83 Å². The van der Waals surface area contributed by atoms with Crippen molar-refractivity contribution in [2.45, 2.75) is 82.2 Å². The smallest absolute Gasteiger partial charge is 0.374 e. The fraction of sp³-hybridized carbons (Fsp3) is 0.810. The molecule has 2 aliphatic rings. The Hall–Kier alpha value is -1.19. The molecule has 1 N–H and O–H groups in total. The predicted octanol–water partition coefficient (Wildman–Crippen LogP) is 7.87. The monoisotopic (exact) mass is 466 g/mol. The Labute approximate surface area is 175 Å². The lowest BCUT2D eigenvalue weighted by Crippen LogP contribution is -2.57. The van der Waals surface area contributed by atoms with E-state index in [-0.39, 0.29) is 5.92 Å². The maximum Gasteiger partial charge on any atom is 0.426 e. The van der Waals surface area contributed by atoms with Crippen LogP contribution in [0, 0.1) is 23.7 Å². The number of hydrogen-bond donors (Lipinski definition) is 1. The molecule has 0 aromatic rings. The van der Waals surface area contributed by atoms with Crippen molar-refractivity contribution >= 4 is 0 Å². The van der Waals surface area contributed by atoms with Crippen molar-refractivity contribution in [3.63, 3.8) is 0 Å². The van der Waals surface area contributed by atoms with Crippen molar-refractivity contribution in [1.82, 2.24) is 0 Å². The summed E-state index contributed by atoms with van der Waals surface area (Å²) in [7, 11) is 0. The lowest BCUT2D eigenvalue weighted by Gasteiger charge is -2.41. The summed E-state index contributed by atoms with van der Waals surface area (Å²) in [6.45, 7) is 3.79. The fourth-order valence-electron chi connectivity index (χ4n) is 5.14. The Kier molecular flexibility index (Phi) is 8.20. The molecule has 2 fully saturated rings. The van der Waals surface area contributed by atoms with E-state index < -0.39 is 55.0 Å². The van der Waals surface area contributed by atoms with Gasteiger partial charge in [-0.25, -0.2) is 4.39 Å². The second-order valence-corrected chi connectivity index (χ2v) is 8.97. The normalized spacial score (nSPS) is 26.2. The van der Waals surface area contributed by atoms with Crippen LogP contribution in [-0.2, 0) is 0 Å². The molecule has 2 saturated carbocycles. The zero-order chi connectivity index (χ0) is 23.6. The molecular formula is C21H27F9O. The summed E-state index contributed by atoms with van der Waals surface area (Å²) in [5, 5.41) is 9.48. The Bertz CT molecular complexity index is 647. The van der Waals surface area contributed by atoms with E-state index in [1.54, 1.807) is 0 Å². The van der Waals surface area contributed by atoms with Gasteiger partial charge in [0, 0.05) is 6.42 Å². The van der Waals surface area contributed by atoms with Gasteiger partial charge in [0.2, 0.25) is 0 Å². The molecule has 0 aliphatic heterocycles. The summed E-state index contributed by atoms with van der Waals surface area (Å²) < 4.78 is 117. The molecule has 4 atom stereocenters. The molecule has 31 heavy (non-hydrogen) atoms. The average molecular weight is 466 g/mol. The van der Waals surface area contributed by atoms with E-state index in [0.717, 1.165) is 32.1 Å². The second-order valence-electron chi connectivity index (χ2n) is 8.97. The predicted molar refractivity (Wildman–Crippen MR) is 96.7 cm³/mol. The number of fused-ring (bicyclic) bond motifs is 1. The minimum Gasteiger partial charge on any atom is -0.374 e. The SMILES string of the molecule is C=C(CC(CC(F)=C(F)F)CC(O)(C(F)(F)F)C(F)(F)F)C1CCC2CCCCC2C1. The number of alkyl halides is 6. The zero-order valence-electron chi connectivity index (χ0n) is 16.9. The van der Waals surface area contributed by atoms with Crippen molar-refractivity contribution in [3.8, 4) is 0 Å². The first-order valence-electron chi connectivity index (χ1n) is 10.4. The molecule has 0 saturated heterocycles. The Morgan fingerprint density at radius 2 is 1.39 bits per heavy atom. The van der Waals surface area contributed by atoms with Crippen LogP contribution in [-0.4, -0.2) is 23.1 Å². The highest BCUT2D eigenvalue weighted by atomic mass is 19.4. The largest absolute Gasteiger partial charge is 0.426 e. The molecule has 0 aromatic heterocycles. The van der Waals surface area contributed by atoms with Crippen LogP contribution in [0.3, 0.4) is 0 Å². The van der Waals surface area contributed by atoms with Crippen LogP contribution < -0.4 is 0 Å². The molecule has 2 rings (SSSR count). The lowest BCUT2D eigenvalue weighted by molar-refractivity contribution is -0.372. The first-order chi connectivity index (χ1) is 14.2. The van der Waals surface area contributed by atoms with E-state index in [2.05, 4.69) is 6.58 Å². The molecule has 0 heterocycles. The molecule has 10 heteroatoms. The van der Waals surface area contributed by atoms with Crippen LogP contribution >= 0.6 is 0 Å². The molecule has 4 unspecified atom stereocenters. The van der Waals surface area contributed by atoms with Gasteiger partial charge in [-0.15, -0.1) is 0 Å².